The van der Waals surface area contributed by atoms with E-state index >= 15 is 0 Å². The minimum atomic E-state index is 0.969. The molecule has 0 radical (unpaired) electrons. The maximum atomic E-state index is 3.59. The summed E-state index contributed by atoms with van der Waals surface area (Å²) in [7, 11) is 2.08. The van der Waals surface area contributed by atoms with Crippen LogP contribution in [0.5, 0.6) is 0 Å². The van der Waals surface area contributed by atoms with E-state index in [1.807, 2.05) is 6.07 Å². The number of benzene rings is 1. The van der Waals surface area contributed by atoms with Crippen LogP contribution in [0.2, 0.25) is 0 Å². The third-order valence-corrected chi connectivity index (χ3v) is 3.00. The normalized spacial score (nSPS) is 16.3. The quantitative estimate of drug-likeness (QED) is 0.739. The fourth-order valence-corrected chi connectivity index (χ4v) is 1.98. The molecule has 0 N–H and O–H groups in total. The monoisotopic (exact) mass is 249 g/mol. The summed E-state index contributed by atoms with van der Waals surface area (Å²) < 4.78 is 1.18. The first-order valence-electron chi connectivity index (χ1n) is 4.61. The van der Waals surface area contributed by atoms with Gasteiger partial charge in [-0.25, -0.2) is 0 Å². The molecule has 1 heterocycles. The molecule has 1 aliphatic rings. The van der Waals surface area contributed by atoms with Gasteiger partial charge in [-0.3, -0.25) is 0 Å². The Balaban J connectivity index is 2.39. The number of nitrogens with zero attached hydrogens (tertiary/aromatic N) is 1. The summed E-state index contributed by atoms with van der Waals surface area (Å²) >= 11 is 3.59. The molecule has 1 aromatic rings. The lowest BCUT2D eigenvalue weighted by Crippen LogP contribution is -2.14. The highest BCUT2D eigenvalue weighted by Crippen LogP contribution is 2.29. The Kier molecular flexibility index (Phi) is 2.73. The van der Waals surface area contributed by atoms with Gasteiger partial charge >= 0.3 is 0 Å². The van der Waals surface area contributed by atoms with Gasteiger partial charge in [0.2, 0.25) is 0 Å². The second kappa shape index (κ2) is 4.01. The highest BCUT2D eigenvalue weighted by molar-refractivity contribution is 9.12. The van der Waals surface area contributed by atoms with Gasteiger partial charge in [-0.2, -0.15) is 0 Å². The molecular weight excluding hydrogens is 238 g/mol. The van der Waals surface area contributed by atoms with Crippen molar-refractivity contribution >= 4 is 21.5 Å². The zero-order valence-electron chi connectivity index (χ0n) is 8.07. The molecule has 0 fully saturated rings. The summed E-state index contributed by atoms with van der Waals surface area (Å²) in [6, 6.07) is 10.4. The first-order chi connectivity index (χ1) is 6.77. The van der Waals surface area contributed by atoms with Gasteiger partial charge < -0.3 is 4.90 Å². The van der Waals surface area contributed by atoms with E-state index in [0.717, 1.165) is 6.54 Å². The molecule has 0 aliphatic carbocycles. The fraction of sp³-hybridized carbons (Fsp3) is 0.167. The molecular formula is C12H12BrN. The molecule has 14 heavy (non-hydrogen) atoms. The lowest BCUT2D eigenvalue weighted by atomic mass is 10.1. The van der Waals surface area contributed by atoms with E-state index in [1.165, 1.54) is 15.6 Å². The third kappa shape index (κ3) is 1.90. The second-order valence-corrected chi connectivity index (χ2v) is 4.25. The Morgan fingerprint density at radius 1 is 1.21 bits per heavy atom. The van der Waals surface area contributed by atoms with Crippen LogP contribution in [0.1, 0.15) is 5.56 Å². The SMILES string of the molecule is CN1C=C(c2ccccc2)C(Br)=CC1. The molecule has 0 aromatic heterocycles. The number of allylic oxidation sites excluding steroid dienone is 2. The van der Waals surface area contributed by atoms with Crippen LogP contribution in [0.4, 0.5) is 0 Å². The molecule has 0 saturated heterocycles. The number of hydrogen-bond acceptors (Lipinski definition) is 1. The van der Waals surface area contributed by atoms with Crippen molar-refractivity contribution in [3.8, 4) is 0 Å². The number of likely N-dealkylation sites (N-methyl/N-ethyl adjacent to an activating group) is 1. The summed E-state index contributed by atoms with van der Waals surface area (Å²) in [5, 5.41) is 0. The molecule has 0 bridgehead atoms. The predicted octanol–water partition coefficient (Wildman–Crippen LogP) is 3.25. The maximum Gasteiger partial charge on any atom is 0.0365 e. The van der Waals surface area contributed by atoms with Crippen LogP contribution in [-0.2, 0) is 0 Å². The Hall–Kier alpha value is -1.02. The van der Waals surface area contributed by atoms with E-state index < -0.39 is 0 Å². The summed E-state index contributed by atoms with van der Waals surface area (Å²) in [6.45, 7) is 0.969. The van der Waals surface area contributed by atoms with Crippen LogP contribution in [0, 0.1) is 0 Å². The van der Waals surface area contributed by atoms with Crippen LogP contribution >= 0.6 is 15.9 Å². The smallest absolute Gasteiger partial charge is 0.0365 e. The van der Waals surface area contributed by atoms with Crippen LogP contribution < -0.4 is 0 Å². The molecule has 1 aliphatic heterocycles. The second-order valence-electron chi connectivity index (χ2n) is 3.40. The van der Waals surface area contributed by atoms with Crippen LogP contribution in [0.3, 0.4) is 0 Å². The van der Waals surface area contributed by atoms with Gasteiger partial charge in [-0.05, 0) is 5.56 Å². The lowest BCUT2D eigenvalue weighted by molar-refractivity contribution is 0.507. The standard InChI is InChI=1S/C12H12BrN/c1-14-8-7-12(13)11(9-14)10-5-3-2-4-6-10/h2-7,9H,8H2,1H3. The minimum absolute atomic E-state index is 0.969. The van der Waals surface area contributed by atoms with Crippen molar-refractivity contribution in [3.05, 3.63) is 52.7 Å². The van der Waals surface area contributed by atoms with Gasteiger partial charge in [0.15, 0.2) is 0 Å². The van der Waals surface area contributed by atoms with E-state index in [2.05, 4.69) is 64.4 Å². The van der Waals surface area contributed by atoms with E-state index in [-0.39, 0.29) is 0 Å². The van der Waals surface area contributed by atoms with E-state index in [0.29, 0.717) is 0 Å². The van der Waals surface area contributed by atoms with Crippen molar-refractivity contribution in [2.24, 2.45) is 0 Å². The number of halogens is 1. The number of hydrogen-bond donors (Lipinski definition) is 0. The Morgan fingerprint density at radius 2 is 1.93 bits per heavy atom. The van der Waals surface area contributed by atoms with Crippen LogP contribution in [0.25, 0.3) is 5.57 Å². The number of rotatable bonds is 1. The van der Waals surface area contributed by atoms with Crippen molar-refractivity contribution in [2.75, 3.05) is 13.6 Å². The lowest BCUT2D eigenvalue weighted by Gasteiger charge is -2.20. The highest BCUT2D eigenvalue weighted by atomic mass is 79.9. The first kappa shape index (κ1) is 9.53. The minimum Gasteiger partial charge on any atom is -0.376 e. The fourth-order valence-electron chi connectivity index (χ4n) is 1.50. The average molecular weight is 250 g/mol. The van der Waals surface area contributed by atoms with Gasteiger partial charge in [-0.15, -0.1) is 0 Å². The predicted molar refractivity (Wildman–Crippen MR) is 64.1 cm³/mol. The zero-order valence-corrected chi connectivity index (χ0v) is 9.66. The molecule has 1 aromatic carbocycles. The third-order valence-electron chi connectivity index (χ3n) is 2.25. The molecule has 0 spiro atoms. The Morgan fingerprint density at radius 3 is 2.64 bits per heavy atom. The van der Waals surface area contributed by atoms with Crippen molar-refractivity contribution in [1.82, 2.24) is 4.90 Å². The molecule has 1 nitrogen and oxygen atoms in total. The van der Waals surface area contributed by atoms with Crippen molar-refractivity contribution < 1.29 is 0 Å². The van der Waals surface area contributed by atoms with Gasteiger partial charge in [0.1, 0.15) is 0 Å². The summed E-state index contributed by atoms with van der Waals surface area (Å²) in [4.78, 5) is 2.17. The van der Waals surface area contributed by atoms with Crippen molar-refractivity contribution in [1.29, 1.82) is 0 Å². The van der Waals surface area contributed by atoms with Gasteiger partial charge in [-0.1, -0.05) is 52.3 Å². The highest BCUT2D eigenvalue weighted by Gasteiger charge is 2.09. The molecule has 0 atom stereocenters. The summed E-state index contributed by atoms with van der Waals surface area (Å²) in [5.41, 5.74) is 2.50. The molecule has 0 unspecified atom stereocenters. The van der Waals surface area contributed by atoms with Crippen LogP contribution in [0.15, 0.2) is 47.1 Å². The maximum absolute atomic E-state index is 3.59. The van der Waals surface area contributed by atoms with Crippen LogP contribution in [-0.4, -0.2) is 18.5 Å². The Labute approximate surface area is 92.9 Å². The van der Waals surface area contributed by atoms with Gasteiger partial charge in [0.25, 0.3) is 0 Å². The van der Waals surface area contributed by atoms with Gasteiger partial charge in [0.05, 0.1) is 0 Å². The molecule has 0 saturated carbocycles. The summed E-state index contributed by atoms with van der Waals surface area (Å²) in [6.07, 6.45) is 4.35. The molecule has 72 valence electrons. The van der Waals surface area contributed by atoms with E-state index in [1.54, 1.807) is 0 Å². The molecule has 0 amide bonds. The van der Waals surface area contributed by atoms with Crippen molar-refractivity contribution in [2.45, 2.75) is 0 Å². The first-order valence-corrected chi connectivity index (χ1v) is 5.40. The van der Waals surface area contributed by atoms with E-state index in [9.17, 15) is 0 Å². The summed E-state index contributed by atoms with van der Waals surface area (Å²) in [5.74, 6) is 0. The Bertz CT molecular complexity index is 379. The average Bonchev–Trinajstić information content (AvgIpc) is 2.23. The van der Waals surface area contributed by atoms with Crippen molar-refractivity contribution in [3.63, 3.8) is 0 Å². The van der Waals surface area contributed by atoms with Gasteiger partial charge in [0, 0.05) is 29.8 Å². The molecule has 2 heteroatoms. The topological polar surface area (TPSA) is 3.24 Å². The molecule has 2 rings (SSSR count). The largest absolute Gasteiger partial charge is 0.376 e. The zero-order chi connectivity index (χ0) is 9.97. The van der Waals surface area contributed by atoms with E-state index in [4.69, 9.17) is 0 Å².